The van der Waals surface area contributed by atoms with Crippen molar-refractivity contribution in [1.82, 2.24) is 4.57 Å². The van der Waals surface area contributed by atoms with E-state index in [1.54, 1.807) is 6.92 Å². The van der Waals surface area contributed by atoms with Gasteiger partial charge >= 0.3 is 5.97 Å². The number of rotatable bonds is 7. The number of carbonyl (C=O) groups excluding carboxylic acids is 3. The lowest BCUT2D eigenvalue weighted by Gasteiger charge is -2.14. The number of nitrogens with one attached hydrogen (secondary N) is 1. The molecule has 1 amide bonds. The van der Waals surface area contributed by atoms with Gasteiger partial charge in [0.05, 0.1) is 11.7 Å². The fourth-order valence-corrected chi connectivity index (χ4v) is 4.85. The van der Waals surface area contributed by atoms with Crippen LogP contribution in [0.3, 0.4) is 0 Å². The molecule has 0 aromatic carbocycles. The minimum absolute atomic E-state index is 0.174. The molecule has 1 fully saturated rings. The molecule has 1 unspecified atom stereocenters. The minimum Gasteiger partial charge on any atom is -0.454 e. The topological polar surface area (TPSA) is 86.6 Å². The molecule has 2 aromatic rings. The maximum absolute atomic E-state index is 12.8. The van der Waals surface area contributed by atoms with Crippen LogP contribution in [0.4, 0.5) is 5.00 Å². The molecule has 0 spiro atoms. The van der Waals surface area contributed by atoms with Crippen LogP contribution in [0.5, 0.6) is 0 Å². The summed E-state index contributed by atoms with van der Waals surface area (Å²) in [7, 11) is 0. The quantitative estimate of drug-likeness (QED) is 0.529. The van der Waals surface area contributed by atoms with E-state index in [1.165, 1.54) is 18.3 Å². The molecule has 3 rings (SSSR count). The molecule has 162 valence electrons. The van der Waals surface area contributed by atoms with E-state index >= 15 is 0 Å². The summed E-state index contributed by atoms with van der Waals surface area (Å²) >= 11 is 1.32. The molecule has 0 radical (unpaired) electrons. The number of nitrogens with zero attached hydrogens (tertiary/aromatic N) is 1. The first-order valence-corrected chi connectivity index (χ1v) is 10.9. The van der Waals surface area contributed by atoms with Crippen LogP contribution in [0.2, 0.25) is 0 Å². The van der Waals surface area contributed by atoms with Gasteiger partial charge in [-0.05, 0) is 52.2 Å². The van der Waals surface area contributed by atoms with Crippen LogP contribution in [0.15, 0.2) is 6.07 Å². The first-order chi connectivity index (χ1) is 14.2. The molecule has 30 heavy (non-hydrogen) atoms. The lowest BCUT2D eigenvalue weighted by molar-refractivity contribution is -0.114. The van der Waals surface area contributed by atoms with Crippen molar-refractivity contribution in [3.8, 4) is 0 Å². The van der Waals surface area contributed by atoms with Gasteiger partial charge in [0.15, 0.2) is 6.61 Å². The Kier molecular flexibility index (Phi) is 6.77. The zero-order valence-electron chi connectivity index (χ0n) is 18.1. The Morgan fingerprint density at radius 1 is 1.27 bits per heavy atom. The highest BCUT2D eigenvalue weighted by molar-refractivity contribution is 7.16. The molecule has 1 saturated heterocycles. The maximum atomic E-state index is 12.8. The number of carbonyl (C=O) groups is 3. The van der Waals surface area contributed by atoms with Crippen molar-refractivity contribution in [2.75, 3.05) is 18.5 Å². The number of aromatic nitrogens is 1. The Labute approximate surface area is 180 Å². The van der Waals surface area contributed by atoms with Crippen LogP contribution in [0, 0.1) is 27.7 Å². The average molecular weight is 433 g/mol. The molecular formula is C22H28N2O5S. The van der Waals surface area contributed by atoms with E-state index < -0.39 is 5.97 Å². The van der Waals surface area contributed by atoms with E-state index in [1.807, 2.05) is 26.8 Å². The number of aryl methyl sites for hydroxylation is 2. The van der Waals surface area contributed by atoms with Crippen LogP contribution < -0.4 is 5.32 Å². The SMILES string of the molecule is CC(=O)Nc1sc(C)c(C)c1C(=O)OCC(=O)c1cc(C)n(CC2CCCO2)c1C. The van der Waals surface area contributed by atoms with E-state index in [0.29, 0.717) is 16.1 Å². The molecule has 3 heterocycles. The summed E-state index contributed by atoms with van der Waals surface area (Å²) in [5, 5.41) is 3.12. The van der Waals surface area contributed by atoms with Crippen molar-refractivity contribution in [3.05, 3.63) is 39.0 Å². The van der Waals surface area contributed by atoms with Gasteiger partial charge < -0.3 is 19.4 Å². The second-order valence-corrected chi connectivity index (χ2v) is 8.92. The summed E-state index contributed by atoms with van der Waals surface area (Å²) in [6.07, 6.45) is 2.26. The number of hydrogen-bond donors (Lipinski definition) is 1. The number of amides is 1. The van der Waals surface area contributed by atoms with Crippen LogP contribution in [-0.4, -0.2) is 41.5 Å². The normalized spacial score (nSPS) is 16.0. The highest BCUT2D eigenvalue weighted by Crippen LogP contribution is 2.33. The Morgan fingerprint density at radius 2 is 2.00 bits per heavy atom. The second-order valence-electron chi connectivity index (χ2n) is 7.70. The third-order valence-electron chi connectivity index (χ3n) is 5.50. The number of hydrogen-bond acceptors (Lipinski definition) is 6. The predicted octanol–water partition coefficient (Wildman–Crippen LogP) is 3.96. The summed E-state index contributed by atoms with van der Waals surface area (Å²) in [4.78, 5) is 37.8. The molecule has 2 aromatic heterocycles. The Hall–Kier alpha value is -2.45. The third-order valence-corrected chi connectivity index (χ3v) is 6.62. The molecule has 0 aliphatic carbocycles. The summed E-state index contributed by atoms with van der Waals surface area (Å²) in [5.74, 6) is -1.12. The molecule has 8 heteroatoms. The fourth-order valence-electron chi connectivity index (χ4n) is 3.76. The fraction of sp³-hybridized carbons (Fsp3) is 0.500. The average Bonchev–Trinajstić information content (AvgIpc) is 3.35. The van der Waals surface area contributed by atoms with Crippen LogP contribution >= 0.6 is 11.3 Å². The predicted molar refractivity (Wildman–Crippen MR) is 116 cm³/mol. The minimum atomic E-state index is -0.609. The lowest BCUT2D eigenvalue weighted by atomic mass is 10.1. The Morgan fingerprint density at radius 3 is 2.63 bits per heavy atom. The van der Waals surface area contributed by atoms with Gasteiger partial charge in [0.2, 0.25) is 11.7 Å². The Balaban J connectivity index is 1.70. The highest BCUT2D eigenvalue weighted by atomic mass is 32.1. The molecule has 7 nitrogen and oxygen atoms in total. The smallest absolute Gasteiger partial charge is 0.341 e. The summed E-state index contributed by atoms with van der Waals surface area (Å²) in [5.41, 5.74) is 3.44. The van der Waals surface area contributed by atoms with Crippen molar-refractivity contribution in [2.24, 2.45) is 0 Å². The largest absolute Gasteiger partial charge is 0.454 e. The van der Waals surface area contributed by atoms with Crippen molar-refractivity contribution >= 4 is 34.0 Å². The molecule has 0 saturated carbocycles. The summed E-state index contributed by atoms with van der Waals surface area (Å²) < 4.78 is 13.1. The van der Waals surface area contributed by atoms with Gasteiger partial charge in [0.25, 0.3) is 0 Å². The monoisotopic (exact) mass is 432 g/mol. The van der Waals surface area contributed by atoms with E-state index in [-0.39, 0.29) is 24.4 Å². The molecule has 0 bridgehead atoms. The van der Waals surface area contributed by atoms with Gasteiger partial charge in [-0.15, -0.1) is 11.3 Å². The maximum Gasteiger partial charge on any atom is 0.341 e. The molecule has 1 aliphatic heterocycles. The van der Waals surface area contributed by atoms with Gasteiger partial charge in [0.1, 0.15) is 5.00 Å². The molecule has 1 N–H and O–H groups in total. The lowest BCUT2D eigenvalue weighted by Crippen LogP contribution is -2.19. The van der Waals surface area contributed by atoms with Crippen molar-refractivity contribution in [3.63, 3.8) is 0 Å². The van der Waals surface area contributed by atoms with Gasteiger partial charge in [-0.2, -0.15) is 0 Å². The van der Waals surface area contributed by atoms with Gasteiger partial charge in [-0.3, -0.25) is 9.59 Å². The number of esters is 1. The summed E-state index contributed by atoms with van der Waals surface area (Å²) in [6.45, 7) is 10.1. The zero-order chi connectivity index (χ0) is 22.0. The first kappa shape index (κ1) is 22.2. The first-order valence-electron chi connectivity index (χ1n) is 10.0. The second kappa shape index (κ2) is 9.14. The van der Waals surface area contributed by atoms with E-state index in [2.05, 4.69) is 9.88 Å². The van der Waals surface area contributed by atoms with E-state index in [4.69, 9.17) is 9.47 Å². The Bertz CT molecular complexity index is 982. The summed E-state index contributed by atoms with van der Waals surface area (Å²) in [6, 6.07) is 1.84. The number of thiophene rings is 1. The van der Waals surface area contributed by atoms with Crippen LogP contribution in [-0.2, 0) is 20.8 Å². The van der Waals surface area contributed by atoms with E-state index in [9.17, 15) is 14.4 Å². The molecular weight excluding hydrogens is 404 g/mol. The van der Waals surface area contributed by atoms with Gasteiger partial charge in [-0.1, -0.05) is 0 Å². The standard InChI is InChI=1S/C22H28N2O5S/c1-12-9-18(14(3)24(12)10-17-7-6-8-28-17)19(26)11-29-22(27)20-13(2)15(4)30-21(20)23-16(5)25/h9,17H,6-8,10-11H2,1-5H3,(H,23,25). The molecule has 1 aliphatic rings. The number of anilines is 1. The van der Waals surface area contributed by atoms with Crippen molar-refractivity contribution in [2.45, 2.75) is 60.1 Å². The van der Waals surface area contributed by atoms with Gasteiger partial charge in [-0.25, -0.2) is 4.79 Å². The zero-order valence-corrected chi connectivity index (χ0v) is 18.9. The molecule has 1 atom stereocenters. The number of Topliss-reactive ketones (excluding diaryl/α,β-unsaturated/α-hetero) is 1. The van der Waals surface area contributed by atoms with E-state index in [0.717, 1.165) is 47.8 Å². The van der Waals surface area contributed by atoms with Crippen molar-refractivity contribution < 1.29 is 23.9 Å². The van der Waals surface area contributed by atoms with Crippen LogP contribution in [0.1, 0.15) is 62.3 Å². The highest BCUT2D eigenvalue weighted by Gasteiger charge is 2.24. The third kappa shape index (κ3) is 4.65. The number of ether oxygens (including phenoxy) is 2. The van der Waals surface area contributed by atoms with Crippen LogP contribution in [0.25, 0.3) is 0 Å². The van der Waals surface area contributed by atoms with Crippen molar-refractivity contribution in [1.29, 1.82) is 0 Å². The van der Waals surface area contributed by atoms with Gasteiger partial charge in [0, 0.05) is 41.9 Å². The number of ketones is 1.